The maximum atomic E-state index is 6.04. The molecule has 0 spiro atoms. The predicted molar refractivity (Wildman–Crippen MR) is 54.1 cm³/mol. The van der Waals surface area contributed by atoms with Crippen LogP contribution in [0.1, 0.15) is 58.3 Å². The van der Waals surface area contributed by atoms with Gasteiger partial charge in [0.15, 0.2) is 0 Å². The first-order valence-electron chi connectivity index (χ1n) is 5.58. The van der Waals surface area contributed by atoms with Gasteiger partial charge in [-0.1, -0.05) is 45.4 Å². The summed E-state index contributed by atoms with van der Waals surface area (Å²) in [5, 5.41) is 0. The van der Waals surface area contributed by atoms with Crippen molar-refractivity contribution in [1.29, 1.82) is 0 Å². The predicted octanol–water partition coefficient (Wildman–Crippen LogP) is 3.08. The Hall–Kier alpha value is -0.0400. The number of hydrogen-bond acceptors (Lipinski definition) is 1. The molecule has 0 bridgehead atoms. The van der Waals surface area contributed by atoms with Crippen LogP contribution in [-0.4, -0.2) is 6.04 Å². The van der Waals surface area contributed by atoms with Crippen LogP contribution in [0.5, 0.6) is 0 Å². The Morgan fingerprint density at radius 2 is 2.00 bits per heavy atom. The van der Waals surface area contributed by atoms with E-state index in [1.54, 1.807) is 0 Å². The molecule has 0 aliphatic heterocycles. The van der Waals surface area contributed by atoms with Gasteiger partial charge < -0.3 is 5.73 Å². The van der Waals surface area contributed by atoms with Crippen molar-refractivity contribution in [3.63, 3.8) is 0 Å². The average Bonchev–Trinajstić information content (AvgIpc) is 2.53. The molecule has 0 heterocycles. The summed E-state index contributed by atoms with van der Waals surface area (Å²) < 4.78 is 0. The highest BCUT2D eigenvalue weighted by molar-refractivity contribution is 4.73. The SMILES string of the molecule is CCCCC(N)CC1CCCC1. The minimum absolute atomic E-state index is 0.494. The molecule has 1 unspecified atom stereocenters. The molecule has 0 amide bonds. The van der Waals surface area contributed by atoms with Crippen LogP contribution in [0.25, 0.3) is 0 Å². The van der Waals surface area contributed by atoms with Gasteiger partial charge in [0, 0.05) is 6.04 Å². The molecular weight excluding hydrogens is 146 g/mol. The Bertz CT molecular complexity index is 106. The molecule has 0 aromatic carbocycles. The highest BCUT2D eigenvalue weighted by Gasteiger charge is 2.17. The quantitative estimate of drug-likeness (QED) is 0.672. The summed E-state index contributed by atoms with van der Waals surface area (Å²) in [7, 11) is 0. The van der Waals surface area contributed by atoms with Crippen LogP contribution in [0.4, 0.5) is 0 Å². The van der Waals surface area contributed by atoms with Gasteiger partial charge in [0.2, 0.25) is 0 Å². The molecule has 12 heavy (non-hydrogen) atoms. The van der Waals surface area contributed by atoms with Crippen LogP contribution in [0.15, 0.2) is 0 Å². The molecular formula is C11H23N. The zero-order valence-corrected chi connectivity index (χ0v) is 8.39. The van der Waals surface area contributed by atoms with E-state index in [2.05, 4.69) is 6.92 Å². The number of nitrogens with two attached hydrogens (primary N) is 1. The lowest BCUT2D eigenvalue weighted by atomic mass is 9.96. The van der Waals surface area contributed by atoms with Crippen LogP contribution in [-0.2, 0) is 0 Å². The highest BCUT2D eigenvalue weighted by atomic mass is 14.6. The molecule has 1 saturated carbocycles. The third-order valence-electron chi connectivity index (χ3n) is 3.04. The Labute approximate surface area is 76.7 Å². The molecule has 1 rings (SSSR count). The van der Waals surface area contributed by atoms with E-state index in [9.17, 15) is 0 Å². The van der Waals surface area contributed by atoms with E-state index >= 15 is 0 Å². The lowest BCUT2D eigenvalue weighted by Crippen LogP contribution is -2.22. The lowest BCUT2D eigenvalue weighted by Gasteiger charge is -2.15. The second-order valence-corrected chi connectivity index (χ2v) is 4.29. The van der Waals surface area contributed by atoms with Gasteiger partial charge in [-0.15, -0.1) is 0 Å². The Kier molecular flexibility index (Phi) is 4.67. The average molecular weight is 169 g/mol. The molecule has 0 aromatic rings. The third kappa shape index (κ3) is 3.57. The van der Waals surface area contributed by atoms with E-state index in [4.69, 9.17) is 5.73 Å². The minimum Gasteiger partial charge on any atom is -0.328 e. The van der Waals surface area contributed by atoms with Crippen molar-refractivity contribution < 1.29 is 0 Å². The van der Waals surface area contributed by atoms with Crippen molar-refractivity contribution in [2.45, 2.75) is 64.3 Å². The van der Waals surface area contributed by atoms with Crippen molar-refractivity contribution in [2.75, 3.05) is 0 Å². The summed E-state index contributed by atoms with van der Waals surface area (Å²) in [5.74, 6) is 0.969. The van der Waals surface area contributed by atoms with Crippen LogP contribution in [0.2, 0.25) is 0 Å². The summed E-state index contributed by atoms with van der Waals surface area (Å²) in [6.07, 6.45) is 10.9. The molecule has 2 N–H and O–H groups in total. The summed E-state index contributed by atoms with van der Waals surface area (Å²) in [6, 6.07) is 0.494. The van der Waals surface area contributed by atoms with Gasteiger partial charge >= 0.3 is 0 Å². The van der Waals surface area contributed by atoms with Crippen LogP contribution < -0.4 is 5.73 Å². The fourth-order valence-electron chi connectivity index (χ4n) is 2.26. The van der Waals surface area contributed by atoms with Gasteiger partial charge in [0.25, 0.3) is 0 Å². The molecule has 72 valence electrons. The topological polar surface area (TPSA) is 26.0 Å². The van der Waals surface area contributed by atoms with Gasteiger partial charge in [-0.25, -0.2) is 0 Å². The molecule has 1 aliphatic rings. The van der Waals surface area contributed by atoms with E-state index in [1.807, 2.05) is 0 Å². The summed E-state index contributed by atoms with van der Waals surface area (Å²) in [4.78, 5) is 0. The fraction of sp³-hybridized carbons (Fsp3) is 1.00. The van der Waals surface area contributed by atoms with E-state index in [0.29, 0.717) is 6.04 Å². The van der Waals surface area contributed by atoms with E-state index in [1.165, 1.54) is 51.4 Å². The zero-order chi connectivity index (χ0) is 8.81. The van der Waals surface area contributed by atoms with Crippen molar-refractivity contribution >= 4 is 0 Å². The molecule has 1 atom stereocenters. The van der Waals surface area contributed by atoms with Crippen molar-refractivity contribution in [3.05, 3.63) is 0 Å². The smallest absolute Gasteiger partial charge is 0.00414 e. The first kappa shape index (κ1) is 10.0. The Balaban J connectivity index is 2.03. The second-order valence-electron chi connectivity index (χ2n) is 4.29. The molecule has 1 fully saturated rings. The lowest BCUT2D eigenvalue weighted by molar-refractivity contribution is 0.419. The first-order valence-corrected chi connectivity index (χ1v) is 5.58. The van der Waals surface area contributed by atoms with Gasteiger partial charge in [0.05, 0.1) is 0 Å². The maximum Gasteiger partial charge on any atom is 0.00414 e. The zero-order valence-electron chi connectivity index (χ0n) is 8.39. The molecule has 0 saturated heterocycles. The first-order chi connectivity index (χ1) is 5.83. The van der Waals surface area contributed by atoms with Gasteiger partial charge in [-0.3, -0.25) is 0 Å². The summed E-state index contributed by atoms with van der Waals surface area (Å²) in [5.41, 5.74) is 6.04. The van der Waals surface area contributed by atoms with E-state index < -0.39 is 0 Å². The fourth-order valence-corrected chi connectivity index (χ4v) is 2.26. The standard InChI is InChI=1S/C11H23N/c1-2-3-8-11(12)9-10-6-4-5-7-10/h10-11H,2-9,12H2,1H3. The van der Waals surface area contributed by atoms with Crippen LogP contribution >= 0.6 is 0 Å². The molecule has 0 radical (unpaired) electrons. The summed E-state index contributed by atoms with van der Waals surface area (Å²) >= 11 is 0. The molecule has 1 aliphatic carbocycles. The van der Waals surface area contributed by atoms with E-state index in [0.717, 1.165) is 5.92 Å². The number of rotatable bonds is 5. The maximum absolute atomic E-state index is 6.04. The highest BCUT2D eigenvalue weighted by Crippen LogP contribution is 2.28. The van der Waals surface area contributed by atoms with Crippen molar-refractivity contribution in [2.24, 2.45) is 11.7 Å². The normalized spacial score (nSPS) is 21.5. The van der Waals surface area contributed by atoms with Gasteiger partial charge in [-0.05, 0) is 18.8 Å². The van der Waals surface area contributed by atoms with Crippen molar-refractivity contribution in [3.8, 4) is 0 Å². The Morgan fingerprint density at radius 1 is 1.33 bits per heavy atom. The minimum atomic E-state index is 0.494. The summed E-state index contributed by atoms with van der Waals surface area (Å²) in [6.45, 7) is 2.24. The van der Waals surface area contributed by atoms with Gasteiger partial charge in [-0.2, -0.15) is 0 Å². The van der Waals surface area contributed by atoms with Crippen LogP contribution in [0.3, 0.4) is 0 Å². The molecule has 0 aromatic heterocycles. The van der Waals surface area contributed by atoms with Crippen LogP contribution in [0, 0.1) is 5.92 Å². The number of unbranched alkanes of at least 4 members (excludes halogenated alkanes) is 1. The van der Waals surface area contributed by atoms with E-state index in [-0.39, 0.29) is 0 Å². The molecule has 1 nitrogen and oxygen atoms in total. The van der Waals surface area contributed by atoms with Crippen molar-refractivity contribution in [1.82, 2.24) is 0 Å². The molecule has 1 heteroatoms. The Morgan fingerprint density at radius 3 is 2.58 bits per heavy atom. The second kappa shape index (κ2) is 5.58. The largest absolute Gasteiger partial charge is 0.328 e. The number of hydrogen-bond donors (Lipinski definition) is 1. The van der Waals surface area contributed by atoms with Gasteiger partial charge in [0.1, 0.15) is 0 Å². The third-order valence-corrected chi connectivity index (χ3v) is 3.04. The monoisotopic (exact) mass is 169 g/mol.